The number of carbonyl (C=O) groups excluding carboxylic acids is 1. The maximum absolute atomic E-state index is 12.6. The highest BCUT2D eigenvalue weighted by Crippen LogP contribution is 2.32. The average molecular weight is 374 g/mol. The molecular formula is C20H24ClN3O2. The number of hydrogen-bond acceptors (Lipinski definition) is 3. The standard InChI is InChI=1S/C20H24ClN3O2/c1-3-15-6-4-5-7-17(15)22-20(25)24-12-10-23(11-13-24)18-14-16(21)8-9-19(18)26-2/h4-9,14H,3,10-13H2,1-2H3,(H,22,25). The summed E-state index contributed by atoms with van der Waals surface area (Å²) in [5.41, 5.74) is 3.00. The number of rotatable bonds is 4. The Morgan fingerprint density at radius 1 is 1.15 bits per heavy atom. The summed E-state index contributed by atoms with van der Waals surface area (Å²) in [5.74, 6) is 0.796. The average Bonchev–Trinajstić information content (AvgIpc) is 2.68. The van der Waals surface area contributed by atoms with Gasteiger partial charge in [0.05, 0.1) is 12.8 Å². The third kappa shape index (κ3) is 4.05. The van der Waals surface area contributed by atoms with E-state index in [0.717, 1.165) is 42.2 Å². The third-order valence-electron chi connectivity index (χ3n) is 4.69. The number of anilines is 2. The van der Waals surface area contributed by atoms with Crippen LogP contribution in [0, 0.1) is 0 Å². The van der Waals surface area contributed by atoms with E-state index in [1.807, 2.05) is 47.4 Å². The molecule has 0 spiro atoms. The molecule has 5 nitrogen and oxygen atoms in total. The Kier molecular flexibility index (Phi) is 5.89. The molecule has 1 N–H and O–H groups in total. The summed E-state index contributed by atoms with van der Waals surface area (Å²) >= 11 is 6.13. The van der Waals surface area contributed by atoms with Gasteiger partial charge in [0.15, 0.2) is 0 Å². The van der Waals surface area contributed by atoms with Crippen LogP contribution in [-0.4, -0.2) is 44.2 Å². The van der Waals surface area contributed by atoms with Gasteiger partial charge in [-0.05, 0) is 36.2 Å². The van der Waals surface area contributed by atoms with Gasteiger partial charge < -0.3 is 19.9 Å². The number of amides is 2. The van der Waals surface area contributed by atoms with Crippen molar-refractivity contribution in [2.45, 2.75) is 13.3 Å². The van der Waals surface area contributed by atoms with Gasteiger partial charge in [-0.1, -0.05) is 36.7 Å². The Hall–Kier alpha value is -2.40. The lowest BCUT2D eigenvalue weighted by molar-refractivity contribution is 0.208. The van der Waals surface area contributed by atoms with Gasteiger partial charge in [-0.25, -0.2) is 4.79 Å². The lowest BCUT2D eigenvalue weighted by Crippen LogP contribution is -2.50. The maximum atomic E-state index is 12.6. The number of ether oxygens (including phenoxy) is 1. The molecule has 2 amide bonds. The third-order valence-corrected chi connectivity index (χ3v) is 4.92. The molecule has 26 heavy (non-hydrogen) atoms. The molecule has 2 aromatic rings. The number of benzene rings is 2. The van der Waals surface area contributed by atoms with Crippen LogP contribution in [0.5, 0.6) is 5.75 Å². The summed E-state index contributed by atoms with van der Waals surface area (Å²) in [5, 5.41) is 3.72. The van der Waals surface area contributed by atoms with E-state index in [9.17, 15) is 4.79 Å². The summed E-state index contributed by atoms with van der Waals surface area (Å²) in [7, 11) is 1.65. The fourth-order valence-corrected chi connectivity index (χ4v) is 3.37. The van der Waals surface area contributed by atoms with Gasteiger partial charge in [-0.3, -0.25) is 0 Å². The number of nitrogens with zero attached hydrogens (tertiary/aromatic N) is 2. The summed E-state index contributed by atoms with van der Waals surface area (Å²) in [6.45, 7) is 4.85. The number of carbonyl (C=O) groups is 1. The van der Waals surface area contributed by atoms with E-state index < -0.39 is 0 Å². The van der Waals surface area contributed by atoms with Crippen LogP contribution in [0.15, 0.2) is 42.5 Å². The first-order valence-corrected chi connectivity index (χ1v) is 9.22. The van der Waals surface area contributed by atoms with Gasteiger partial charge in [0.25, 0.3) is 0 Å². The molecule has 0 aromatic heterocycles. The van der Waals surface area contributed by atoms with Gasteiger partial charge in [-0.2, -0.15) is 0 Å². The first kappa shape index (κ1) is 18.4. The van der Waals surface area contributed by atoms with E-state index in [0.29, 0.717) is 18.1 Å². The topological polar surface area (TPSA) is 44.8 Å². The van der Waals surface area contributed by atoms with Gasteiger partial charge in [0.1, 0.15) is 5.75 Å². The fraction of sp³-hybridized carbons (Fsp3) is 0.350. The fourth-order valence-electron chi connectivity index (χ4n) is 3.21. The molecule has 0 atom stereocenters. The molecule has 2 aromatic carbocycles. The van der Waals surface area contributed by atoms with Crippen molar-refractivity contribution in [1.82, 2.24) is 4.90 Å². The van der Waals surface area contributed by atoms with Crippen molar-refractivity contribution in [3.63, 3.8) is 0 Å². The van der Waals surface area contributed by atoms with Crippen molar-refractivity contribution in [3.05, 3.63) is 53.1 Å². The highest BCUT2D eigenvalue weighted by Gasteiger charge is 2.23. The number of urea groups is 1. The normalized spacial score (nSPS) is 14.3. The minimum absolute atomic E-state index is 0.0522. The zero-order chi connectivity index (χ0) is 18.5. The molecular weight excluding hydrogens is 350 g/mol. The van der Waals surface area contributed by atoms with Gasteiger partial charge in [0.2, 0.25) is 0 Å². The van der Waals surface area contributed by atoms with Crippen molar-refractivity contribution in [2.24, 2.45) is 0 Å². The summed E-state index contributed by atoms with van der Waals surface area (Å²) < 4.78 is 5.44. The Bertz CT molecular complexity index is 773. The number of nitrogens with one attached hydrogen (secondary N) is 1. The van der Waals surface area contributed by atoms with E-state index >= 15 is 0 Å². The molecule has 0 radical (unpaired) electrons. The minimum Gasteiger partial charge on any atom is -0.495 e. The van der Waals surface area contributed by atoms with Crippen molar-refractivity contribution in [2.75, 3.05) is 43.5 Å². The van der Waals surface area contributed by atoms with Crippen LogP contribution in [0.3, 0.4) is 0 Å². The van der Waals surface area contributed by atoms with E-state index in [4.69, 9.17) is 16.3 Å². The lowest BCUT2D eigenvalue weighted by Gasteiger charge is -2.36. The second-order valence-electron chi connectivity index (χ2n) is 6.23. The van der Waals surface area contributed by atoms with Crippen LogP contribution in [-0.2, 0) is 6.42 Å². The van der Waals surface area contributed by atoms with E-state index in [2.05, 4.69) is 17.1 Å². The maximum Gasteiger partial charge on any atom is 0.321 e. The number of methoxy groups -OCH3 is 1. The predicted octanol–water partition coefficient (Wildman–Crippen LogP) is 4.27. The Morgan fingerprint density at radius 2 is 1.88 bits per heavy atom. The second-order valence-corrected chi connectivity index (χ2v) is 6.67. The van der Waals surface area contributed by atoms with Crippen molar-refractivity contribution in [1.29, 1.82) is 0 Å². The minimum atomic E-state index is -0.0522. The van der Waals surface area contributed by atoms with Crippen LogP contribution in [0.2, 0.25) is 5.02 Å². The molecule has 0 aliphatic carbocycles. The first-order chi connectivity index (χ1) is 12.6. The van der Waals surface area contributed by atoms with Crippen LogP contribution in [0.1, 0.15) is 12.5 Å². The predicted molar refractivity (Wildman–Crippen MR) is 107 cm³/mol. The molecule has 6 heteroatoms. The number of para-hydroxylation sites is 1. The lowest BCUT2D eigenvalue weighted by atomic mass is 10.1. The molecule has 1 aliphatic rings. The van der Waals surface area contributed by atoms with Crippen LogP contribution >= 0.6 is 11.6 Å². The summed E-state index contributed by atoms with van der Waals surface area (Å²) in [6.07, 6.45) is 0.888. The molecule has 3 rings (SSSR count). The summed E-state index contributed by atoms with van der Waals surface area (Å²) in [4.78, 5) is 16.7. The van der Waals surface area contributed by atoms with Crippen LogP contribution in [0.4, 0.5) is 16.2 Å². The molecule has 138 valence electrons. The quantitative estimate of drug-likeness (QED) is 0.870. The van der Waals surface area contributed by atoms with E-state index in [1.165, 1.54) is 0 Å². The molecule has 1 aliphatic heterocycles. The van der Waals surface area contributed by atoms with E-state index in [-0.39, 0.29) is 6.03 Å². The highest BCUT2D eigenvalue weighted by atomic mass is 35.5. The number of piperazine rings is 1. The van der Waals surface area contributed by atoms with Crippen LogP contribution < -0.4 is 15.0 Å². The summed E-state index contributed by atoms with van der Waals surface area (Å²) in [6, 6.07) is 13.5. The first-order valence-electron chi connectivity index (χ1n) is 8.84. The van der Waals surface area contributed by atoms with Crippen molar-refractivity contribution >= 4 is 29.0 Å². The SMILES string of the molecule is CCc1ccccc1NC(=O)N1CCN(c2cc(Cl)ccc2OC)CC1. The zero-order valence-electron chi connectivity index (χ0n) is 15.2. The van der Waals surface area contributed by atoms with Gasteiger partial charge >= 0.3 is 6.03 Å². The smallest absolute Gasteiger partial charge is 0.321 e. The molecule has 1 heterocycles. The van der Waals surface area contributed by atoms with Crippen molar-refractivity contribution < 1.29 is 9.53 Å². The molecule has 1 saturated heterocycles. The zero-order valence-corrected chi connectivity index (χ0v) is 15.9. The molecule has 0 saturated carbocycles. The highest BCUT2D eigenvalue weighted by molar-refractivity contribution is 6.30. The van der Waals surface area contributed by atoms with Gasteiger partial charge in [0, 0.05) is 36.9 Å². The van der Waals surface area contributed by atoms with Crippen LogP contribution in [0.25, 0.3) is 0 Å². The second kappa shape index (κ2) is 8.32. The molecule has 0 bridgehead atoms. The molecule has 1 fully saturated rings. The largest absolute Gasteiger partial charge is 0.495 e. The number of hydrogen-bond donors (Lipinski definition) is 1. The van der Waals surface area contributed by atoms with Crippen molar-refractivity contribution in [3.8, 4) is 5.75 Å². The van der Waals surface area contributed by atoms with Gasteiger partial charge in [-0.15, -0.1) is 0 Å². The number of aryl methyl sites for hydroxylation is 1. The molecule has 0 unspecified atom stereocenters. The monoisotopic (exact) mass is 373 g/mol. The Balaban J connectivity index is 1.63. The Labute approximate surface area is 159 Å². The Morgan fingerprint density at radius 3 is 2.58 bits per heavy atom. The van der Waals surface area contributed by atoms with E-state index in [1.54, 1.807) is 7.11 Å². The number of halogens is 1.